The molecule has 3 nitrogen and oxygen atoms in total. The predicted octanol–water partition coefficient (Wildman–Crippen LogP) is 5.56. The van der Waals surface area contributed by atoms with Crippen LogP contribution < -0.4 is 0 Å². The molecule has 1 N–H and O–H groups in total. The molecule has 0 atom stereocenters. The number of ether oxygens (including phenoxy) is 1. The third kappa shape index (κ3) is 3.17. The molecule has 0 radical (unpaired) electrons. The number of hydrogen-bond acceptors (Lipinski definition) is 2. The van der Waals surface area contributed by atoms with Gasteiger partial charge in [0, 0.05) is 23.8 Å². The zero-order valence-corrected chi connectivity index (χ0v) is 14.6. The fourth-order valence-corrected chi connectivity index (χ4v) is 3.15. The Hall–Kier alpha value is -3.17. The number of nitrogens with zero attached hydrogens (tertiary/aromatic N) is 1. The normalized spacial score (nSPS) is 10.8. The Morgan fingerprint density at radius 1 is 0.769 bits per heavy atom. The standard InChI is InChI=1S/C23H20N2O/c1-26-16-19-14-8-9-15-20(19)23-24-21(17-10-4-2-5-11-17)22(25-23)18-12-6-3-7-13-18/h2-15H,16H2,1H3,(H,24,25). The molecule has 1 heterocycles. The van der Waals surface area contributed by atoms with Crippen LogP contribution in [0.25, 0.3) is 33.9 Å². The molecule has 4 rings (SSSR count). The van der Waals surface area contributed by atoms with Crippen molar-refractivity contribution in [3.63, 3.8) is 0 Å². The highest BCUT2D eigenvalue weighted by molar-refractivity contribution is 5.81. The molecule has 0 spiro atoms. The summed E-state index contributed by atoms with van der Waals surface area (Å²) in [5, 5.41) is 0. The van der Waals surface area contributed by atoms with Gasteiger partial charge < -0.3 is 9.72 Å². The van der Waals surface area contributed by atoms with Crippen molar-refractivity contribution in [2.75, 3.05) is 7.11 Å². The Labute approximate surface area is 153 Å². The van der Waals surface area contributed by atoms with E-state index in [4.69, 9.17) is 9.72 Å². The summed E-state index contributed by atoms with van der Waals surface area (Å²) in [4.78, 5) is 8.50. The van der Waals surface area contributed by atoms with Gasteiger partial charge in [0.05, 0.1) is 18.0 Å². The molecule has 0 aliphatic heterocycles. The number of aromatic nitrogens is 2. The topological polar surface area (TPSA) is 37.9 Å². The van der Waals surface area contributed by atoms with E-state index in [1.165, 1.54) is 0 Å². The van der Waals surface area contributed by atoms with Gasteiger partial charge in [-0.15, -0.1) is 0 Å². The van der Waals surface area contributed by atoms with Crippen molar-refractivity contribution in [2.24, 2.45) is 0 Å². The number of benzene rings is 3. The second kappa shape index (κ2) is 7.38. The number of aromatic amines is 1. The zero-order valence-electron chi connectivity index (χ0n) is 14.6. The number of H-pyrrole nitrogens is 1. The molecule has 0 saturated heterocycles. The summed E-state index contributed by atoms with van der Waals surface area (Å²) in [6, 6.07) is 28.8. The zero-order chi connectivity index (χ0) is 17.8. The molecule has 0 aliphatic rings. The summed E-state index contributed by atoms with van der Waals surface area (Å²) in [5.41, 5.74) is 6.38. The molecule has 3 aromatic carbocycles. The lowest BCUT2D eigenvalue weighted by molar-refractivity contribution is 0.185. The largest absolute Gasteiger partial charge is 0.380 e. The van der Waals surface area contributed by atoms with Crippen molar-refractivity contribution in [3.05, 3.63) is 90.5 Å². The molecule has 0 unspecified atom stereocenters. The summed E-state index contributed by atoms with van der Waals surface area (Å²) in [6.07, 6.45) is 0. The van der Waals surface area contributed by atoms with Gasteiger partial charge >= 0.3 is 0 Å². The van der Waals surface area contributed by atoms with Crippen molar-refractivity contribution in [2.45, 2.75) is 6.61 Å². The van der Waals surface area contributed by atoms with Gasteiger partial charge in [-0.05, 0) is 5.56 Å². The minimum Gasteiger partial charge on any atom is -0.380 e. The first kappa shape index (κ1) is 16.3. The summed E-state index contributed by atoms with van der Waals surface area (Å²) in [6.45, 7) is 0.554. The first-order chi connectivity index (χ1) is 12.9. The number of rotatable bonds is 5. The highest BCUT2D eigenvalue weighted by atomic mass is 16.5. The Balaban J connectivity index is 1.90. The molecule has 128 valence electrons. The average molecular weight is 340 g/mol. The van der Waals surface area contributed by atoms with E-state index in [0.29, 0.717) is 6.61 Å². The van der Waals surface area contributed by atoms with E-state index in [9.17, 15) is 0 Å². The van der Waals surface area contributed by atoms with Crippen LogP contribution in [0.2, 0.25) is 0 Å². The monoisotopic (exact) mass is 340 g/mol. The van der Waals surface area contributed by atoms with Gasteiger partial charge in [-0.25, -0.2) is 4.98 Å². The lowest BCUT2D eigenvalue weighted by Gasteiger charge is -2.05. The fraction of sp³-hybridized carbons (Fsp3) is 0.0870. The van der Waals surface area contributed by atoms with Gasteiger partial charge in [-0.2, -0.15) is 0 Å². The molecule has 0 fully saturated rings. The molecule has 1 aromatic heterocycles. The highest BCUT2D eigenvalue weighted by Gasteiger charge is 2.16. The lowest BCUT2D eigenvalue weighted by atomic mass is 10.1. The molecule has 0 bridgehead atoms. The van der Waals surface area contributed by atoms with Gasteiger partial charge in [0.2, 0.25) is 0 Å². The van der Waals surface area contributed by atoms with Crippen LogP contribution in [0.1, 0.15) is 5.56 Å². The van der Waals surface area contributed by atoms with Crippen LogP contribution >= 0.6 is 0 Å². The van der Waals surface area contributed by atoms with Crippen LogP contribution in [0.5, 0.6) is 0 Å². The van der Waals surface area contributed by atoms with Crippen LogP contribution in [-0.2, 0) is 11.3 Å². The average Bonchev–Trinajstić information content (AvgIpc) is 3.15. The van der Waals surface area contributed by atoms with Gasteiger partial charge in [-0.3, -0.25) is 0 Å². The van der Waals surface area contributed by atoms with Crippen LogP contribution in [-0.4, -0.2) is 17.1 Å². The molecule has 0 amide bonds. The molecule has 0 aliphatic carbocycles. The van der Waals surface area contributed by atoms with Crippen molar-refractivity contribution < 1.29 is 4.74 Å². The number of methoxy groups -OCH3 is 1. The van der Waals surface area contributed by atoms with E-state index < -0.39 is 0 Å². The van der Waals surface area contributed by atoms with E-state index in [1.807, 2.05) is 48.5 Å². The number of imidazole rings is 1. The third-order valence-electron chi connectivity index (χ3n) is 4.39. The maximum Gasteiger partial charge on any atom is 0.138 e. The van der Waals surface area contributed by atoms with E-state index >= 15 is 0 Å². The van der Waals surface area contributed by atoms with Crippen molar-refractivity contribution in [1.29, 1.82) is 0 Å². The minimum atomic E-state index is 0.554. The van der Waals surface area contributed by atoms with Crippen molar-refractivity contribution in [3.8, 4) is 33.9 Å². The SMILES string of the molecule is COCc1ccccc1-c1nc(-c2ccccc2)c(-c2ccccc2)[nH]1. The van der Waals surface area contributed by atoms with Gasteiger partial charge in [0.15, 0.2) is 0 Å². The van der Waals surface area contributed by atoms with E-state index in [1.54, 1.807) is 7.11 Å². The van der Waals surface area contributed by atoms with Gasteiger partial charge in [-0.1, -0.05) is 84.9 Å². The minimum absolute atomic E-state index is 0.554. The Morgan fingerprint density at radius 3 is 2.08 bits per heavy atom. The second-order valence-corrected chi connectivity index (χ2v) is 6.13. The quantitative estimate of drug-likeness (QED) is 0.517. The second-order valence-electron chi connectivity index (χ2n) is 6.13. The van der Waals surface area contributed by atoms with Gasteiger partial charge in [0.1, 0.15) is 5.82 Å². The maximum atomic E-state index is 5.35. The van der Waals surface area contributed by atoms with Crippen LogP contribution in [0.3, 0.4) is 0 Å². The number of nitrogens with one attached hydrogen (secondary N) is 1. The lowest BCUT2D eigenvalue weighted by Crippen LogP contribution is -1.93. The summed E-state index contributed by atoms with van der Waals surface area (Å²) in [7, 11) is 1.71. The summed E-state index contributed by atoms with van der Waals surface area (Å²) >= 11 is 0. The Kier molecular flexibility index (Phi) is 4.63. The highest BCUT2D eigenvalue weighted by Crippen LogP contribution is 2.33. The molecule has 26 heavy (non-hydrogen) atoms. The Bertz CT molecular complexity index is 934. The van der Waals surface area contributed by atoms with E-state index in [2.05, 4.69) is 41.4 Å². The first-order valence-corrected chi connectivity index (χ1v) is 8.65. The smallest absolute Gasteiger partial charge is 0.138 e. The maximum absolute atomic E-state index is 5.35. The van der Waals surface area contributed by atoms with Crippen molar-refractivity contribution >= 4 is 0 Å². The molecule has 3 heteroatoms. The van der Waals surface area contributed by atoms with Crippen molar-refractivity contribution in [1.82, 2.24) is 9.97 Å². The predicted molar refractivity (Wildman–Crippen MR) is 106 cm³/mol. The van der Waals surface area contributed by atoms with E-state index in [0.717, 1.165) is 39.5 Å². The summed E-state index contributed by atoms with van der Waals surface area (Å²) in [5.74, 6) is 0.857. The molecule has 0 saturated carbocycles. The van der Waals surface area contributed by atoms with Crippen LogP contribution in [0.4, 0.5) is 0 Å². The van der Waals surface area contributed by atoms with E-state index in [-0.39, 0.29) is 0 Å². The van der Waals surface area contributed by atoms with Crippen LogP contribution in [0, 0.1) is 0 Å². The molecule has 4 aromatic rings. The number of hydrogen-bond donors (Lipinski definition) is 1. The fourth-order valence-electron chi connectivity index (χ4n) is 3.15. The summed E-state index contributed by atoms with van der Waals surface area (Å²) < 4.78 is 5.35. The first-order valence-electron chi connectivity index (χ1n) is 8.65. The third-order valence-corrected chi connectivity index (χ3v) is 4.39. The van der Waals surface area contributed by atoms with Crippen LogP contribution in [0.15, 0.2) is 84.9 Å². The molecular formula is C23H20N2O. The molecular weight excluding hydrogens is 320 g/mol. The Morgan fingerprint density at radius 2 is 1.38 bits per heavy atom. The van der Waals surface area contributed by atoms with Gasteiger partial charge in [0.25, 0.3) is 0 Å².